The first-order valence-electron chi connectivity index (χ1n) is 1.27. The second-order valence-corrected chi connectivity index (χ2v) is 0.891. The second-order valence-electron chi connectivity index (χ2n) is 0.542. The van der Waals surface area contributed by atoms with Crippen LogP contribution in [0.3, 0.4) is 0 Å². The number of aliphatic hydroxyl groups is 1. The lowest BCUT2D eigenvalue weighted by Crippen LogP contribution is -1.98. The molecule has 0 aromatic carbocycles. The molecule has 0 saturated carbocycles. The molecule has 0 aliphatic heterocycles. The van der Waals surface area contributed by atoms with Crippen molar-refractivity contribution < 1.29 is 19.7 Å². The van der Waals surface area contributed by atoms with Crippen LogP contribution in [0.25, 0.3) is 0 Å². The Labute approximate surface area is 44.6 Å². The molecule has 0 amide bonds. The van der Waals surface area contributed by atoms with Crippen molar-refractivity contribution >= 4 is 23.9 Å². The van der Waals surface area contributed by atoms with Gasteiger partial charge < -0.3 is 5.11 Å². The second kappa shape index (κ2) is 3.35. The molecule has 0 radical (unpaired) electrons. The summed E-state index contributed by atoms with van der Waals surface area (Å²) in [5, 5.41) is 7.10. The Balaban J connectivity index is 2.97. The summed E-state index contributed by atoms with van der Waals surface area (Å²) in [7, 11) is 0. The lowest BCUT2D eigenvalue weighted by atomic mass is 11.5. The average Bonchev–Trinajstić information content (AvgIpc) is 1.61. The van der Waals surface area contributed by atoms with Gasteiger partial charge in [-0.05, 0) is 0 Å². The summed E-state index contributed by atoms with van der Waals surface area (Å²) in [6.45, 7) is 0.00250. The topological polar surface area (TPSA) is 55.8 Å². The molecule has 5 heteroatoms. The Bertz CT molecular complexity index is 79.8. The third-order valence-electron chi connectivity index (χ3n) is 0.159. The van der Waals surface area contributed by atoms with Crippen LogP contribution >= 0.6 is 12.2 Å². The number of carbonyl (C=O) groups excluding carboxylic acids is 1. The van der Waals surface area contributed by atoms with E-state index in [1.807, 2.05) is 0 Å². The lowest BCUT2D eigenvalue weighted by Gasteiger charge is -1.89. The Morgan fingerprint density at radius 1 is 1.86 bits per heavy atom. The van der Waals surface area contributed by atoms with E-state index in [2.05, 4.69) is 22.0 Å². The molecule has 0 atom stereocenters. The zero-order valence-corrected chi connectivity index (χ0v) is 3.97. The van der Waals surface area contributed by atoms with E-state index >= 15 is 0 Å². The largest absolute Gasteiger partial charge is 0.470 e. The molecule has 0 aromatic rings. The molecule has 4 nitrogen and oxygen atoms in total. The molecule has 0 aliphatic carbocycles. The Morgan fingerprint density at radius 3 is 2.57 bits per heavy atom. The minimum absolute atomic E-state index is 0.00250. The monoisotopic (exact) mass is 122 g/mol. The minimum Gasteiger partial charge on any atom is -0.470 e. The van der Waals surface area contributed by atoms with Crippen LogP contribution < -0.4 is 0 Å². The van der Waals surface area contributed by atoms with Crippen LogP contribution in [0.15, 0.2) is 0 Å². The maximum absolute atomic E-state index is 9.19. The highest BCUT2D eigenvalue weighted by atomic mass is 32.1. The number of aliphatic hydroxyl groups excluding tert-OH is 1. The molecule has 0 bridgehead atoms. The van der Waals surface area contributed by atoms with Crippen molar-refractivity contribution in [2.75, 3.05) is 0 Å². The molecular formula is C2H2O4S. The molecular weight excluding hydrogens is 120 g/mol. The van der Waals surface area contributed by atoms with Gasteiger partial charge in [-0.25, -0.2) is 9.78 Å². The summed E-state index contributed by atoms with van der Waals surface area (Å²) >= 11 is 3.91. The molecule has 0 aliphatic rings. The Morgan fingerprint density at radius 2 is 2.43 bits per heavy atom. The normalized spacial score (nSPS) is 6.86. The van der Waals surface area contributed by atoms with Crippen molar-refractivity contribution in [3.63, 3.8) is 0 Å². The van der Waals surface area contributed by atoms with Gasteiger partial charge in [0, 0.05) is 12.2 Å². The van der Waals surface area contributed by atoms with E-state index in [1.54, 1.807) is 0 Å². The van der Waals surface area contributed by atoms with Crippen LogP contribution in [-0.4, -0.2) is 16.8 Å². The summed E-state index contributed by atoms with van der Waals surface area (Å²) in [5.74, 6) is 0. The molecule has 40 valence electrons. The number of carbonyl (C=O) groups is 1. The molecule has 0 unspecified atom stereocenters. The van der Waals surface area contributed by atoms with Crippen molar-refractivity contribution in [1.82, 2.24) is 0 Å². The van der Waals surface area contributed by atoms with Gasteiger partial charge in [-0.2, -0.15) is 0 Å². The van der Waals surface area contributed by atoms with Gasteiger partial charge in [0.1, 0.15) is 0 Å². The van der Waals surface area contributed by atoms with Gasteiger partial charge in [-0.3, -0.25) is 4.79 Å². The van der Waals surface area contributed by atoms with Gasteiger partial charge in [-0.1, -0.05) is 0 Å². The predicted molar refractivity (Wildman–Crippen MR) is 23.5 cm³/mol. The van der Waals surface area contributed by atoms with E-state index in [9.17, 15) is 4.79 Å². The Hall–Kier alpha value is -0.840. The molecule has 0 aromatic heterocycles. The summed E-state index contributed by atoms with van der Waals surface area (Å²) in [6.07, 6.45) is 0. The van der Waals surface area contributed by atoms with Crippen LogP contribution in [0.1, 0.15) is 0 Å². The van der Waals surface area contributed by atoms with Gasteiger partial charge in [0.15, 0.2) is 0 Å². The van der Waals surface area contributed by atoms with E-state index in [0.717, 1.165) is 0 Å². The predicted octanol–water partition coefficient (Wildman–Crippen LogP) is -0.0661. The van der Waals surface area contributed by atoms with Crippen molar-refractivity contribution in [2.24, 2.45) is 0 Å². The van der Waals surface area contributed by atoms with Crippen molar-refractivity contribution in [3.8, 4) is 0 Å². The van der Waals surface area contributed by atoms with E-state index in [1.165, 1.54) is 0 Å². The van der Waals surface area contributed by atoms with Gasteiger partial charge in [0.05, 0.1) is 0 Å². The molecule has 7 heavy (non-hydrogen) atoms. The fraction of sp³-hybridized carbons (Fsp3) is 0. The molecule has 0 saturated heterocycles. The third kappa shape index (κ3) is 5.16. The number of thiocarbonyl (C=S) groups is 1. The summed E-state index contributed by atoms with van der Waals surface area (Å²) in [6, 6.07) is 0. The standard InChI is InChI=1S/C2H2O4S/c3-1-5-6-2(4)7/h1H,(H,4,7). The highest BCUT2D eigenvalue weighted by Gasteiger charge is 1.86. The van der Waals surface area contributed by atoms with Crippen molar-refractivity contribution in [1.29, 1.82) is 0 Å². The van der Waals surface area contributed by atoms with Gasteiger partial charge in [0.25, 0.3) is 0 Å². The fourth-order valence-electron chi connectivity index (χ4n) is 0.0608. The quantitative estimate of drug-likeness (QED) is 0.240. The van der Waals surface area contributed by atoms with Crippen LogP contribution in [-0.2, 0) is 14.6 Å². The number of hydrogen-bond acceptors (Lipinski definition) is 4. The first kappa shape index (κ1) is 6.16. The van der Waals surface area contributed by atoms with E-state index in [0.29, 0.717) is 0 Å². The maximum atomic E-state index is 9.19. The van der Waals surface area contributed by atoms with Crippen LogP contribution in [0.2, 0.25) is 0 Å². The lowest BCUT2D eigenvalue weighted by molar-refractivity contribution is -0.211. The Kier molecular flexibility index (Phi) is 2.95. The van der Waals surface area contributed by atoms with Crippen LogP contribution in [0, 0.1) is 0 Å². The third-order valence-corrected chi connectivity index (χ3v) is 0.227. The molecule has 0 spiro atoms. The van der Waals surface area contributed by atoms with Crippen molar-refractivity contribution in [3.05, 3.63) is 0 Å². The number of rotatable bonds is 2. The van der Waals surface area contributed by atoms with Crippen molar-refractivity contribution in [2.45, 2.75) is 0 Å². The number of hydrogen-bond donors (Lipinski definition) is 1. The first-order valence-corrected chi connectivity index (χ1v) is 1.68. The van der Waals surface area contributed by atoms with Crippen LogP contribution in [0.4, 0.5) is 0 Å². The molecule has 0 fully saturated rings. The SMILES string of the molecule is O=COOC(O)=S. The average molecular weight is 122 g/mol. The van der Waals surface area contributed by atoms with Gasteiger partial charge in [0.2, 0.25) is 0 Å². The van der Waals surface area contributed by atoms with E-state index in [4.69, 9.17) is 5.11 Å². The first-order chi connectivity index (χ1) is 3.27. The zero-order chi connectivity index (χ0) is 5.70. The summed E-state index contributed by atoms with van der Waals surface area (Å²) in [5.41, 5.74) is 0. The highest BCUT2D eigenvalue weighted by Crippen LogP contribution is 1.72. The molecule has 1 N–H and O–H groups in total. The maximum Gasteiger partial charge on any atom is 0.397 e. The van der Waals surface area contributed by atoms with E-state index in [-0.39, 0.29) is 6.47 Å². The smallest absolute Gasteiger partial charge is 0.397 e. The highest BCUT2D eigenvalue weighted by molar-refractivity contribution is 7.79. The van der Waals surface area contributed by atoms with Gasteiger partial charge in [-0.15, -0.1) is 0 Å². The molecule has 0 heterocycles. The zero-order valence-electron chi connectivity index (χ0n) is 3.16. The summed E-state index contributed by atoms with van der Waals surface area (Å²) in [4.78, 5) is 16.3. The fourth-order valence-corrected chi connectivity index (χ4v) is 0.100. The molecule has 0 rings (SSSR count). The summed E-state index contributed by atoms with van der Waals surface area (Å²) < 4.78 is 0. The van der Waals surface area contributed by atoms with Crippen LogP contribution in [0.5, 0.6) is 0 Å². The minimum atomic E-state index is -0.813. The van der Waals surface area contributed by atoms with E-state index < -0.39 is 5.24 Å². The van der Waals surface area contributed by atoms with Gasteiger partial charge >= 0.3 is 11.7 Å².